The molecule has 0 atom stereocenters. The summed E-state index contributed by atoms with van der Waals surface area (Å²) in [5.41, 5.74) is 7.62. The number of nitrogens with two attached hydrogens (primary N) is 1. The molecule has 1 rings (SSSR count). The Morgan fingerprint density at radius 1 is 1.53 bits per heavy atom. The summed E-state index contributed by atoms with van der Waals surface area (Å²) in [4.78, 5) is 2.56. The summed E-state index contributed by atoms with van der Waals surface area (Å²) in [5, 5.41) is 8.90. The summed E-state index contributed by atoms with van der Waals surface area (Å²) >= 11 is 8.51. The standard InChI is InChI=1S/C12H17BrN2OS/c1-2-15(6-3-7-16)11-8-9(13)4-5-10(11)12(14)17/h4-5,8,16H,2-3,6-7H2,1H3,(H2,14,17). The number of rotatable bonds is 6. The lowest BCUT2D eigenvalue weighted by molar-refractivity contribution is 0.289. The van der Waals surface area contributed by atoms with Crippen LogP contribution in [-0.4, -0.2) is 29.8 Å². The van der Waals surface area contributed by atoms with E-state index in [1.807, 2.05) is 18.2 Å². The number of anilines is 1. The van der Waals surface area contributed by atoms with Gasteiger partial charge in [0.15, 0.2) is 0 Å². The summed E-state index contributed by atoms with van der Waals surface area (Å²) in [6.45, 7) is 3.90. The van der Waals surface area contributed by atoms with Crippen LogP contribution >= 0.6 is 28.1 Å². The highest BCUT2D eigenvalue weighted by molar-refractivity contribution is 9.10. The predicted octanol–water partition coefficient (Wildman–Crippen LogP) is 2.29. The van der Waals surface area contributed by atoms with Gasteiger partial charge < -0.3 is 15.7 Å². The molecule has 0 radical (unpaired) electrons. The van der Waals surface area contributed by atoms with Gasteiger partial charge in [-0.3, -0.25) is 0 Å². The predicted molar refractivity (Wildman–Crippen MR) is 79.6 cm³/mol. The molecule has 0 aliphatic rings. The first-order valence-corrected chi connectivity index (χ1v) is 6.75. The van der Waals surface area contributed by atoms with Crippen molar-refractivity contribution in [2.45, 2.75) is 13.3 Å². The van der Waals surface area contributed by atoms with E-state index >= 15 is 0 Å². The van der Waals surface area contributed by atoms with E-state index in [-0.39, 0.29) is 6.61 Å². The van der Waals surface area contributed by atoms with Crippen LogP contribution in [0.2, 0.25) is 0 Å². The molecule has 5 heteroatoms. The maximum absolute atomic E-state index is 8.90. The molecule has 0 fully saturated rings. The van der Waals surface area contributed by atoms with Gasteiger partial charge in [0.1, 0.15) is 4.99 Å². The molecule has 1 aromatic carbocycles. The second kappa shape index (κ2) is 6.93. The molecule has 0 aromatic heterocycles. The molecule has 3 N–H and O–H groups in total. The fourth-order valence-corrected chi connectivity index (χ4v) is 2.21. The Morgan fingerprint density at radius 2 is 2.24 bits per heavy atom. The summed E-state index contributed by atoms with van der Waals surface area (Å²) in [6.07, 6.45) is 0.733. The minimum Gasteiger partial charge on any atom is -0.396 e. The molecule has 0 spiro atoms. The van der Waals surface area contributed by atoms with Crippen molar-refractivity contribution in [1.82, 2.24) is 0 Å². The number of benzene rings is 1. The van der Waals surface area contributed by atoms with Crippen LogP contribution in [0, 0.1) is 0 Å². The van der Waals surface area contributed by atoms with Crippen molar-refractivity contribution >= 4 is 38.8 Å². The van der Waals surface area contributed by atoms with E-state index in [0.717, 1.165) is 35.2 Å². The maximum atomic E-state index is 8.90. The van der Waals surface area contributed by atoms with Crippen LogP contribution in [0.4, 0.5) is 5.69 Å². The van der Waals surface area contributed by atoms with Crippen molar-refractivity contribution in [2.75, 3.05) is 24.6 Å². The van der Waals surface area contributed by atoms with Crippen molar-refractivity contribution in [3.05, 3.63) is 28.2 Å². The van der Waals surface area contributed by atoms with Gasteiger partial charge in [0.2, 0.25) is 0 Å². The SMILES string of the molecule is CCN(CCCO)c1cc(Br)ccc1C(N)=S. The molecule has 0 heterocycles. The lowest BCUT2D eigenvalue weighted by atomic mass is 10.1. The van der Waals surface area contributed by atoms with Crippen LogP contribution in [0.3, 0.4) is 0 Å². The second-order valence-corrected chi connectivity index (χ2v) is 5.04. The number of hydrogen-bond acceptors (Lipinski definition) is 3. The van der Waals surface area contributed by atoms with Crippen molar-refractivity contribution in [3.63, 3.8) is 0 Å². The monoisotopic (exact) mass is 316 g/mol. The van der Waals surface area contributed by atoms with Gasteiger partial charge in [-0.2, -0.15) is 0 Å². The van der Waals surface area contributed by atoms with Crippen LogP contribution in [0.15, 0.2) is 22.7 Å². The molecular weight excluding hydrogens is 300 g/mol. The summed E-state index contributed by atoms with van der Waals surface area (Å²) < 4.78 is 0.995. The third-order valence-electron chi connectivity index (χ3n) is 2.53. The maximum Gasteiger partial charge on any atom is 0.106 e. The van der Waals surface area contributed by atoms with E-state index in [4.69, 9.17) is 23.1 Å². The molecule has 0 saturated heterocycles. The van der Waals surface area contributed by atoms with Crippen molar-refractivity contribution < 1.29 is 5.11 Å². The first kappa shape index (κ1) is 14.4. The third-order valence-corrected chi connectivity index (χ3v) is 3.25. The molecule has 94 valence electrons. The van der Waals surface area contributed by atoms with Crippen molar-refractivity contribution in [3.8, 4) is 0 Å². The third kappa shape index (κ3) is 3.94. The number of thiocarbonyl (C=S) groups is 1. The molecule has 0 saturated carbocycles. The van der Waals surface area contributed by atoms with E-state index in [1.54, 1.807) is 0 Å². The highest BCUT2D eigenvalue weighted by Crippen LogP contribution is 2.25. The minimum atomic E-state index is 0.187. The molecule has 0 aliphatic carbocycles. The highest BCUT2D eigenvalue weighted by atomic mass is 79.9. The van der Waals surface area contributed by atoms with Gasteiger partial charge >= 0.3 is 0 Å². The molecule has 1 aromatic rings. The Hall–Kier alpha value is -0.650. The normalized spacial score (nSPS) is 10.3. The van der Waals surface area contributed by atoms with Gasteiger partial charge in [-0.05, 0) is 31.5 Å². The number of halogens is 1. The molecule has 0 bridgehead atoms. The van der Waals surface area contributed by atoms with Crippen LogP contribution in [0.25, 0.3) is 0 Å². The fourth-order valence-electron chi connectivity index (χ4n) is 1.69. The number of aliphatic hydroxyl groups is 1. The van der Waals surface area contributed by atoms with Crippen molar-refractivity contribution in [2.24, 2.45) is 5.73 Å². The molecule has 17 heavy (non-hydrogen) atoms. The Balaban J connectivity index is 3.06. The quantitative estimate of drug-likeness (QED) is 0.791. The molecule has 3 nitrogen and oxygen atoms in total. The van der Waals surface area contributed by atoms with Gasteiger partial charge in [-0.1, -0.05) is 28.1 Å². The number of nitrogens with zero attached hydrogens (tertiary/aromatic N) is 1. The van der Waals surface area contributed by atoms with Crippen molar-refractivity contribution in [1.29, 1.82) is 0 Å². The second-order valence-electron chi connectivity index (χ2n) is 3.68. The zero-order valence-electron chi connectivity index (χ0n) is 9.82. The topological polar surface area (TPSA) is 49.5 Å². The van der Waals surface area contributed by atoms with Gasteiger partial charge in [-0.25, -0.2) is 0 Å². The molecule has 0 amide bonds. The van der Waals surface area contributed by atoms with Gasteiger partial charge in [-0.15, -0.1) is 0 Å². The Morgan fingerprint density at radius 3 is 2.76 bits per heavy atom. The van der Waals surface area contributed by atoms with Crippen LogP contribution < -0.4 is 10.6 Å². The van der Waals surface area contributed by atoms with E-state index in [1.165, 1.54) is 0 Å². The zero-order chi connectivity index (χ0) is 12.8. The molecule has 0 unspecified atom stereocenters. The largest absolute Gasteiger partial charge is 0.396 e. The summed E-state index contributed by atoms with van der Waals surface area (Å²) in [7, 11) is 0. The lowest BCUT2D eigenvalue weighted by Gasteiger charge is -2.25. The first-order chi connectivity index (χ1) is 8.10. The summed E-state index contributed by atoms with van der Waals surface area (Å²) in [5.74, 6) is 0. The van der Waals surface area contributed by atoms with E-state index in [9.17, 15) is 0 Å². The average Bonchev–Trinajstić information content (AvgIpc) is 2.29. The Kier molecular flexibility index (Phi) is 5.88. The fraction of sp³-hybridized carbons (Fsp3) is 0.417. The average molecular weight is 317 g/mol. The zero-order valence-corrected chi connectivity index (χ0v) is 12.2. The van der Waals surface area contributed by atoms with Crippen LogP contribution in [0.5, 0.6) is 0 Å². The van der Waals surface area contributed by atoms with E-state index < -0.39 is 0 Å². The number of hydrogen-bond donors (Lipinski definition) is 2. The van der Waals surface area contributed by atoms with Crippen LogP contribution in [-0.2, 0) is 0 Å². The Bertz CT molecular complexity index is 398. The van der Waals surface area contributed by atoms with Crippen LogP contribution in [0.1, 0.15) is 18.9 Å². The summed E-state index contributed by atoms with van der Waals surface area (Å²) in [6, 6.07) is 5.86. The van der Waals surface area contributed by atoms with E-state index in [0.29, 0.717) is 4.99 Å². The lowest BCUT2D eigenvalue weighted by Crippen LogP contribution is -2.27. The highest BCUT2D eigenvalue weighted by Gasteiger charge is 2.11. The Labute approximate surface area is 116 Å². The van der Waals surface area contributed by atoms with Gasteiger partial charge in [0.25, 0.3) is 0 Å². The smallest absolute Gasteiger partial charge is 0.106 e. The van der Waals surface area contributed by atoms with Gasteiger partial charge in [0, 0.05) is 35.4 Å². The first-order valence-electron chi connectivity index (χ1n) is 5.55. The van der Waals surface area contributed by atoms with E-state index in [2.05, 4.69) is 27.8 Å². The molecular formula is C12H17BrN2OS. The molecule has 0 aliphatic heterocycles. The number of aliphatic hydroxyl groups excluding tert-OH is 1. The van der Waals surface area contributed by atoms with Gasteiger partial charge in [0.05, 0.1) is 0 Å². The minimum absolute atomic E-state index is 0.187.